The summed E-state index contributed by atoms with van der Waals surface area (Å²) in [6.07, 6.45) is -0.776. The molecule has 6 heteroatoms. The van der Waals surface area contributed by atoms with Crippen LogP contribution in [0.25, 0.3) is 0 Å². The molecule has 1 aromatic carbocycles. The van der Waals surface area contributed by atoms with Gasteiger partial charge in [-0.25, -0.2) is 4.39 Å². The number of hydrogen-bond donors (Lipinski definition) is 3. The van der Waals surface area contributed by atoms with Gasteiger partial charge >= 0.3 is 0 Å². The minimum absolute atomic E-state index is 0.0595. The van der Waals surface area contributed by atoms with Gasteiger partial charge in [-0.05, 0) is 18.2 Å². The van der Waals surface area contributed by atoms with Gasteiger partial charge in [-0.2, -0.15) is 0 Å². The smallest absolute Gasteiger partial charge is 0.251 e. The molecule has 1 rings (SSSR count). The first-order chi connectivity index (χ1) is 8.04. The average molecular weight is 242 g/mol. The fourth-order valence-electron chi connectivity index (χ4n) is 1.25. The van der Waals surface area contributed by atoms with E-state index in [2.05, 4.69) is 5.32 Å². The van der Waals surface area contributed by atoms with Crippen LogP contribution in [0.4, 0.5) is 10.1 Å². The highest BCUT2D eigenvalue weighted by atomic mass is 19.1. The third-order valence-corrected chi connectivity index (χ3v) is 2.12. The molecular formula is C11H15FN2O3. The Kier molecular flexibility index (Phi) is 4.86. The third kappa shape index (κ3) is 4.01. The zero-order valence-electron chi connectivity index (χ0n) is 9.44. The number of nitrogens with one attached hydrogen (secondary N) is 1. The van der Waals surface area contributed by atoms with E-state index in [0.717, 1.165) is 6.07 Å². The van der Waals surface area contributed by atoms with Crippen LogP contribution in [0.2, 0.25) is 0 Å². The van der Waals surface area contributed by atoms with Crippen molar-refractivity contribution in [3.05, 3.63) is 29.6 Å². The molecule has 0 fully saturated rings. The number of nitrogens with two attached hydrogens (primary N) is 1. The zero-order chi connectivity index (χ0) is 12.8. The van der Waals surface area contributed by atoms with Crippen molar-refractivity contribution in [2.45, 2.75) is 6.10 Å². The predicted molar refractivity (Wildman–Crippen MR) is 61.0 cm³/mol. The first kappa shape index (κ1) is 13.4. The van der Waals surface area contributed by atoms with E-state index < -0.39 is 17.8 Å². The average Bonchev–Trinajstić information content (AvgIpc) is 2.30. The summed E-state index contributed by atoms with van der Waals surface area (Å²) in [7, 11) is 1.45. The van der Waals surface area contributed by atoms with E-state index in [1.165, 1.54) is 19.2 Å². The van der Waals surface area contributed by atoms with Gasteiger partial charge in [0, 0.05) is 19.2 Å². The molecule has 1 amide bonds. The van der Waals surface area contributed by atoms with E-state index >= 15 is 0 Å². The fourth-order valence-corrected chi connectivity index (χ4v) is 1.25. The summed E-state index contributed by atoms with van der Waals surface area (Å²) in [4.78, 5) is 11.6. The van der Waals surface area contributed by atoms with E-state index in [4.69, 9.17) is 10.5 Å². The Bertz CT molecular complexity index is 398. The van der Waals surface area contributed by atoms with Crippen LogP contribution in [0, 0.1) is 5.82 Å². The quantitative estimate of drug-likeness (QED) is 0.641. The Morgan fingerprint density at radius 2 is 2.35 bits per heavy atom. The van der Waals surface area contributed by atoms with E-state index in [-0.39, 0.29) is 24.4 Å². The summed E-state index contributed by atoms with van der Waals surface area (Å²) in [5, 5.41) is 11.8. The Hall–Kier alpha value is -1.66. The minimum Gasteiger partial charge on any atom is -0.396 e. The Balaban J connectivity index is 2.55. The molecule has 0 spiro atoms. The maximum absolute atomic E-state index is 12.9. The number of aliphatic hydroxyl groups excluding tert-OH is 1. The summed E-state index contributed by atoms with van der Waals surface area (Å²) in [5.41, 5.74) is 5.49. The van der Waals surface area contributed by atoms with Crippen LogP contribution < -0.4 is 11.1 Å². The number of aliphatic hydroxyl groups is 1. The van der Waals surface area contributed by atoms with Crippen molar-refractivity contribution < 1.29 is 19.0 Å². The number of nitrogen functional groups attached to an aromatic ring is 1. The van der Waals surface area contributed by atoms with Crippen LogP contribution in [-0.4, -0.2) is 37.4 Å². The van der Waals surface area contributed by atoms with Gasteiger partial charge < -0.3 is 20.9 Å². The number of hydrogen-bond acceptors (Lipinski definition) is 4. The van der Waals surface area contributed by atoms with Crippen molar-refractivity contribution in [3.63, 3.8) is 0 Å². The monoisotopic (exact) mass is 242 g/mol. The van der Waals surface area contributed by atoms with Gasteiger partial charge in [0.1, 0.15) is 5.82 Å². The van der Waals surface area contributed by atoms with Crippen molar-refractivity contribution >= 4 is 11.6 Å². The topological polar surface area (TPSA) is 84.6 Å². The number of methoxy groups -OCH3 is 1. The van der Waals surface area contributed by atoms with Crippen LogP contribution in [0.3, 0.4) is 0 Å². The Morgan fingerprint density at radius 3 is 2.94 bits per heavy atom. The van der Waals surface area contributed by atoms with E-state index in [1.807, 2.05) is 0 Å². The standard InChI is InChI=1S/C11H15FN2O3/c1-17-6-8(15)5-14-11(16)7-2-3-9(12)10(13)4-7/h2-4,8,15H,5-6,13H2,1H3,(H,14,16). The lowest BCUT2D eigenvalue weighted by atomic mass is 10.2. The molecule has 0 aliphatic rings. The van der Waals surface area contributed by atoms with Crippen molar-refractivity contribution in [2.24, 2.45) is 0 Å². The fraction of sp³-hybridized carbons (Fsp3) is 0.364. The maximum atomic E-state index is 12.9. The van der Waals surface area contributed by atoms with Crippen LogP contribution >= 0.6 is 0 Å². The van der Waals surface area contributed by atoms with Crippen molar-refractivity contribution in [2.75, 3.05) is 26.0 Å². The van der Waals surface area contributed by atoms with E-state index in [9.17, 15) is 14.3 Å². The lowest BCUT2D eigenvalue weighted by Gasteiger charge is -2.11. The molecule has 17 heavy (non-hydrogen) atoms. The van der Waals surface area contributed by atoms with Crippen LogP contribution in [0.5, 0.6) is 0 Å². The van der Waals surface area contributed by atoms with Gasteiger partial charge in [-0.1, -0.05) is 0 Å². The molecule has 94 valence electrons. The first-order valence-electron chi connectivity index (χ1n) is 5.04. The molecule has 4 N–H and O–H groups in total. The molecular weight excluding hydrogens is 227 g/mol. The van der Waals surface area contributed by atoms with Gasteiger partial charge in [0.25, 0.3) is 5.91 Å². The highest BCUT2D eigenvalue weighted by Crippen LogP contribution is 2.11. The highest BCUT2D eigenvalue weighted by molar-refractivity contribution is 5.95. The van der Waals surface area contributed by atoms with Crippen molar-refractivity contribution in [3.8, 4) is 0 Å². The van der Waals surface area contributed by atoms with Crippen molar-refractivity contribution in [1.82, 2.24) is 5.32 Å². The third-order valence-electron chi connectivity index (χ3n) is 2.12. The normalized spacial score (nSPS) is 12.2. The molecule has 0 heterocycles. The summed E-state index contributed by atoms with van der Waals surface area (Å²) in [5.74, 6) is -0.993. The highest BCUT2D eigenvalue weighted by Gasteiger charge is 2.10. The molecule has 0 aliphatic carbocycles. The molecule has 5 nitrogen and oxygen atoms in total. The molecule has 0 saturated heterocycles. The molecule has 0 aliphatic heterocycles. The number of carbonyl (C=O) groups excluding carboxylic acids is 1. The van der Waals surface area contributed by atoms with Gasteiger partial charge in [0.05, 0.1) is 18.4 Å². The number of rotatable bonds is 5. The number of benzene rings is 1. The van der Waals surface area contributed by atoms with Crippen LogP contribution in [-0.2, 0) is 4.74 Å². The molecule has 0 bridgehead atoms. The maximum Gasteiger partial charge on any atom is 0.251 e. The largest absolute Gasteiger partial charge is 0.396 e. The van der Waals surface area contributed by atoms with Gasteiger partial charge in [-0.3, -0.25) is 4.79 Å². The number of halogens is 1. The lowest BCUT2D eigenvalue weighted by Crippen LogP contribution is -2.34. The summed E-state index contributed by atoms with van der Waals surface area (Å²) >= 11 is 0. The van der Waals surface area contributed by atoms with E-state index in [0.29, 0.717) is 0 Å². The Labute approximate surface area is 98.4 Å². The first-order valence-corrected chi connectivity index (χ1v) is 5.04. The van der Waals surface area contributed by atoms with Gasteiger partial charge in [0.2, 0.25) is 0 Å². The van der Waals surface area contributed by atoms with Crippen molar-refractivity contribution in [1.29, 1.82) is 0 Å². The molecule has 1 aromatic rings. The predicted octanol–water partition coefficient (Wildman–Crippen LogP) is 0.145. The second-order valence-electron chi connectivity index (χ2n) is 3.56. The SMILES string of the molecule is COCC(O)CNC(=O)c1ccc(F)c(N)c1. The van der Waals surface area contributed by atoms with Gasteiger partial charge in [0.15, 0.2) is 0 Å². The summed E-state index contributed by atoms with van der Waals surface area (Å²) in [6.45, 7) is 0.190. The Morgan fingerprint density at radius 1 is 1.65 bits per heavy atom. The number of amides is 1. The molecule has 0 saturated carbocycles. The molecule has 0 aromatic heterocycles. The van der Waals surface area contributed by atoms with E-state index in [1.54, 1.807) is 0 Å². The summed E-state index contributed by atoms with van der Waals surface area (Å²) < 4.78 is 17.6. The minimum atomic E-state index is -0.776. The second-order valence-corrected chi connectivity index (χ2v) is 3.56. The number of ether oxygens (including phenoxy) is 1. The lowest BCUT2D eigenvalue weighted by molar-refractivity contribution is 0.0610. The summed E-state index contributed by atoms with van der Waals surface area (Å²) in [6, 6.07) is 3.69. The molecule has 0 radical (unpaired) electrons. The molecule has 1 atom stereocenters. The number of carbonyl (C=O) groups is 1. The molecule has 1 unspecified atom stereocenters. The van der Waals surface area contributed by atoms with Crippen LogP contribution in [0.1, 0.15) is 10.4 Å². The zero-order valence-corrected chi connectivity index (χ0v) is 9.44. The number of anilines is 1. The van der Waals surface area contributed by atoms with Crippen LogP contribution in [0.15, 0.2) is 18.2 Å². The second kappa shape index (κ2) is 6.17. The van der Waals surface area contributed by atoms with Gasteiger partial charge in [-0.15, -0.1) is 0 Å².